The van der Waals surface area contributed by atoms with Crippen LogP contribution in [0.3, 0.4) is 0 Å². The molecule has 0 aliphatic rings. The van der Waals surface area contributed by atoms with E-state index in [1.54, 1.807) is 0 Å². The molecule has 0 rings (SSSR count). The molecule has 0 amide bonds. The third-order valence-electron chi connectivity index (χ3n) is 7.29. The molecule has 1 atom stereocenters. The van der Waals surface area contributed by atoms with Crippen LogP contribution in [-0.4, -0.2) is 41.0 Å². The standard InChI is InChI=1S/C43H67O8P/c1-3-5-7-9-11-13-15-17-19-20-21-22-24-26-28-30-32-34-36-38-43(45)51-41(40-50-52(46,47)48)39-49-42(44)37-35-33-31-29-27-25-23-18-16-14-12-10-8-6-4-2/h6,8,11-14,17-19,21-23,26-29,32,34,41H,3-5,7,9-10,15-16,20,24-25,30-31,33,35-40H2,1-2H3,(H2,46,47,48)/b8-6-,13-11-,14-12-,19-17-,22-21-,23-18-,28-26-,29-27-,34-32-/t41-/m1/s1. The van der Waals surface area contributed by atoms with Crippen molar-refractivity contribution in [1.29, 1.82) is 0 Å². The van der Waals surface area contributed by atoms with Gasteiger partial charge in [-0.05, 0) is 89.9 Å². The Morgan fingerprint density at radius 1 is 0.519 bits per heavy atom. The highest BCUT2D eigenvalue weighted by Gasteiger charge is 2.22. The molecule has 0 aromatic rings. The highest BCUT2D eigenvalue weighted by molar-refractivity contribution is 7.46. The molecule has 0 aromatic heterocycles. The molecule has 0 fully saturated rings. The number of hydrogen-bond donors (Lipinski definition) is 2. The first-order chi connectivity index (χ1) is 25.3. The zero-order valence-electron chi connectivity index (χ0n) is 31.9. The van der Waals surface area contributed by atoms with Gasteiger partial charge in [-0.25, -0.2) is 4.57 Å². The number of phosphoric ester groups is 1. The van der Waals surface area contributed by atoms with Crippen LogP contribution in [0.4, 0.5) is 0 Å². The van der Waals surface area contributed by atoms with E-state index in [-0.39, 0.29) is 19.4 Å². The Hall–Kier alpha value is -3.29. The Labute approximate surface area is 315 Å². The van der Waals surface area contributed by atoms with Crippen LogP contribution in [0.2, 0.25) is 0 Å². The minimum Gasteiger partial charge on any atom is -0.462 e. The fourth-order valence-electron chi connectivity index (χ4n) is 4.46. The Balaban J connectivity index is 4.20. The highest BCUT2D eigenvalue weighted by atomic mass is 31.2. The molecule has 0 saturated carbocycles. The minimum absolute atomic E-state index is 0.0722. The van der Waals surface area contributed by atoms with Crippen molar-refractivity contribution in [3.8, 4) is 0 Å². The summed E-state index contributed by atoms with van der Waals surface area (Å²) >= 11 is 0. The van der Waals surface area contributed by atoms with Crippen LogP contribution < -0.4 is 0 Å². The minimum atomic E-state index is -4.79. The van der Waals surface area contributed by atoms with Crippen molar-refractivity contribution in [3.63, 3.8) is 0 Å². The quantitative estimate of drug-likeness (QED) is 0.0295. The van der Waals surface area contributed by atoms with E-state index in [9.17, 15) is 14.2 Å². The number of unbranched alkanes of at least 4 members (excludes halogenated alkanes) is 5. The third kappa shape index (κ3) is 39.5. The Morgan fingerprint density at radius 3 is 1.38 bits per heavy atom. The molecule has 0 unspecified atom stereocenters. The molecule has 0 bridgehead atoms. The Kier molecular flexibility index (Phi) is 35.1. The molecule has 0 aliphatic carbocycles. The highest BCUT2D eigenvalue weighted by Crippen LogP contribution is 2.35. The van der Waals surface area contributed by atoms with Crippen LogP contribution in [0.15, 0.2) is 109 Å². The molecular weight excluding hydrogens is 675 g/mol. The largest absolute Gasteiger partial charge is 0.469 e. The van der Waals surface area contributed by atoms with E-state index in [0.717, 1.165) is 64.2 Å². The summed E-state index contributed by atoms with van der Waals surface area (Å²) in [4.78, 5) is 42.7. The van der Waals surface area contributed by atoms with Crippen LogP contribution in [-0.2, 0) is 28.2 Å². The van der Waals surface area contributed by atoms with Crippen LogP contribution in [0.25, 0.3) is 0 Å². The van der Waals surface area contributed by atoms with E-state index in [1.165, 1.54) is 25.7 Å². The number of rotatable bonds is 33. The summed E-state index contributed by atoms with van der Waals surface area (Å²) in [6, 6.07) is 0. The van der Waals surface area contributed by atoms with Crippen LogP contribution in [0, 0.1) is 0 Å². The first-order valence-corrected chi connectivity index (χ1v) is 20.7. The summed E-state index contributed by atoms with van der Waals surface area (Å²) in [6.07, 6.45) is 52.5. The normalized spacial score (nSPS) is 13.7. The van der Waals surface area contributed by atoms with E-state index >= 15 is 0 Å². The van der Waals surface area contributed by atoms with Crippen molar-refractivity contribution in [3.05, 3.63) is 109 Å². The molecule has 292 valence electrons. The summed E-state index contributed by atoms with van der Waals surface area (Å²) in [7, 11) is -4.79. The number of esters is 2. The van der Waals surface area contributed by atoms with Gasteiger partial charge in [0.25, 0.3) is 0 Å². The lowest BCUT2D eigenvalue weighted by molar-refractivity contribution is -0.161. The predicted octanol–water partition coefficient (Wildman–Crippen LogP) is 11.6. The first kappa shape index (κ1) is 48.7. The lowest BCUT2D eigenvalue weighted by atomic mass is 10.2. The molecule has 2 N–H and O–H groups in total. The van der Waals surface area contributed by atoms with E-state index in [0.29, 0.717) is 12.8 Å². The summed E-state index contributed by atoms with van der Waals surface area (Å²) in [6.45, 7) is 3.41. The molecule has 8 nitrogen and oxygen atoms in total. The van der Waals surface area contributed by atoms with E-state index in [4.69, 9.17) is 19.3 Å². The second-order valence-electron chi connectivity index (χ2n) is 12.2. The zero-order valence-corrected chi connectivity index (χ0v) is 32.8. The molecule has 0 saturated heterocycles. The molecule has 0 radical (unpaired) electrons. The fraction of sp³-hybridized carbons (Fsp3) is 0.535. The molecule has 0 spiro atoms. The lowest BCUT2D eigenvalue weighted by Crippen LogP contribution is -2.29. The third-order valence-corrected chi connectivity index (χ3v) is 7.77. The van der Waals surface area contributed by atoms with E-state index < -0.39 is 32.5 Å². The monoisotopic (exact) mass is 742 g/mol. The van der Waals surface area contributed by atoms with Gasteiger partial charge in [-0.3, -0.25) is 14.1 Å². The van der Waals surface area contributed by atoms with E-state index in [2.05, 4.69) is 116 Å². The summed E-state index contributed by atoms with van der Waals surface area (Å²) in [5, 5.41) is 0. The van der Waals surface area contributed by atoms with Gasteiger partial charge in [-0.2, -0.15) is 0 Å². The molecule has 0 aliphatic heterocycles. The van der Waals surface area contributed by atoms with Gasteiger partial charge >= 0.3 is 19.8 Å². The number of carbonyl (C=O) groups excluding carboxylic acids is 2. The van der Waals surface area contributed by atoms with Gasteiger partial charge in [0.05, 0.1) is 6.61 Å². The molecule has 52 heavy (non-hydrogen) atoms. The van der Waals surface area contributed by atoms with Crippen molar-refractivity contribution in [1.82, 2.24) is 0 Å². The van der Waals surface area contributed by atoms with Crippen LogP contribution >= 0.6 is 7.82 Å². The second kappa shape index (κ2) is 37.5. The number of ether oxygens (including phenoxy) is 2. The van der Waals surface area contributed by atoms with Crippen LogP contribution in [0.1, 0.15) is 129 Å². The number of allylic oxidation sites excluding steroid dienone is 18. The molecule has 0 heterocycles. The summed E-state index contributed by atoms with van der Waals surface area (Å²) < 4.78 is 26.2. The SMILES string of the molecule is CC/C=C\C/C=C\C/C=C\C/C=C\CCCCC(=O)OC[C@H](COP(=O)(O)O)OC(=O)CC/C=C\C/C=C\C/C=C\C/C=C\C/C=C\CCCCC. The molecule has 0 aromatic carbocycles. The molecule has 9 heteroatoms. The van der Waals surface area contributed by atoms with Crippen molar-refractivity contribution >= 4 is 19.8 Å². The van der Waals surface area contributed by atoms with E-state index in [1.807, 2.05) is 12.2 Å². The smallest absolute Gasteiger partial charge is 0.462 e. The van der Waals surface area contributed by atoms with Crippen molar-refractivity contribution in [2.45, 2.75) is 136 Å². The molecular formula is C43H67O8P. The van der Waals surface area contributed by atoms with Gasteiger partial charge in [-0.15, -0.1) is 0 Å². The summed E-state index contributed by atoms with van der Waals surface area (Å²) in [5.74, 6) is -1.04. The van der Waals surface area contributed by atoms with Crippen molar-refractivity contribution in [2.24, 2.45) is 0 Å². The lowest BCUT2D eigenvalue weighted by Gasteiger charge is -2.18. The maximum absolute atomic E-state index is 12.3. The topological polar surface area (TPSA) is 119 Å². The van der Waals surface area contributed by atoms with Gasteiger partial charge < -0.3 is 19.3 Å². The number of carbonyl (C=O) groups is 2. The summed E-state index contributed by atoms with van der Waals surface area (Å²) in [5.41, 5.74) is 0. The second-order valence-corrected chi connectivity index (χ2v) is 13.4. The van der Waals surface area contributed by atoms with Gasteiger partial charge in [0.1, 0.15) is 6.61 Å². The average molecular weight is 743 g/mol. The number of phosphoric acid groups is 1. The Morgan fingerprint density at radius 2 is 0.942 bits per heavy atom. The van der Waals surface area contributed by atoms with Crippen LogP contribution in [0.5, 0.6) is 0 Å². The maximum Gasteiger partial charge on any atom is 0.469 e. The van der Waals surface area contributed by atoms with Crippen molar-refractivity contribution < 1.29 is 37.9 Å². The number of hydrogen-bond acceptors (Lipinski definition) is 6. The van der Waals surface area contributed by atoms with Gasteiger partial charge in [0, 0.05) is 12.8 Å². The van der Waals surface area contributed by atoms with Gasteiger partial charge in [0.15, 0.2) is 6.10 Å². The Bertz CT molecular complexity index is 1200. The van der Waals surface area contributed by atoms with Gasteiger partial charge in [0.2, 0.25) is 0 Å². The van der Waals surface area contributed by atoms with Gasteiger partial charge in [-0.1, -0.05) is 136 Å². The zero-order chi connectivity index (χ0) is 38.2. The average Bonchev–Trinajstić information content (AvgIpc) is 3.11. The first-order valence-electron chi connectivity index (χ1n) is 19.2. The van der Waals surface area contributed by atoms with Crippen molar-refractivity contribution in [2.75, 3.05) is 13.2 Å². The fourth-order valence-corrected chi connectivity index (χ4v) is 4.82. The predicted molar refractivity (Wildman–Crippen MR) is 216 cm³/mol. The maximum atomic E-state index is 12.3.